The van der Waals surface area contributed by atoms with Crippen LogP contribution in [0.25, 0.3) is 0 Å². The maximum absolute atomic E-state index is 10.4. The second-order valence-electron chi connectivity index (χ2n) is 2.80. The molecular formula is C9H15NO3. The van der Waals surface area contributed by atoms with Gasteiger partial charge in [0.05, 0.1) is 6.26 Å². The third-order valence-electron chi connectivity index (χ3n) is 1.75. The largest absolute Gasteiger partial charge is 0.516 e. The smallest absolute Gasteiger partial charge is 0.320 e. The van der Waals surface area contributed by atoms with Crippen molar-refractivity contribution in [1.82, 2.24) is 0 Å². The maximum atomic E-state index is 10.4. The number of aliphatic hydroxyl groups excluding tert-OH is 1. The first-order chi connectivity index (χ1) is 6.11. The monoisotopic (exact) mass is 185 g/mol. The average Bonchev–Trinajstić information content (AvgIpc) is 2.11. The topological polar surface area (TPSA) is 83.5 Å². The average molecular weight is 185 g/mol. The summed E-state index contributed by atoms with van der Waals surface area (Å²) in [7, 11) is 0. The van der Waals surface area contributed by atoms with Crippen molar-refractivity contribution in [3.63, 3.8) is 0 Å². The number of carboxylic acids is 1. The molecule has 4 nitrogen and oxygen atoms in total. The van der Waals surface area contributed by atoms with Crippen LogP contribution >= 0.6 is 0 Å². The van der Waals surface area contributed by atoms with Crippen LogP contribution in [0.3, 0.4) is 0 Å². The quantitative estimate of drug-likeness (QED) is 0.426. The molecular weight excluding hydrogens is 170 g/mol. The minimum Gasteiger partial charge on any atom is -0.516 e. The normalized spacial score (nSPS) is 15.5. The van der Waals surface area contributed by atoms with Gasteiger partial charge in [-0.05, 0) is 24.8 Å². The second-order valence-corrected chi connectivity index (χ2v) is 2.80. The number of nitrogens with two attached hydrogens (primary N) is 1. The molecule has 0 aliphatic carbocycles. The number of hydrogen-bond donors (Lipinski definition) is 3. The van der Waals surface area contributed by atoms with Crippen LogP contribution in [-0.2, 0) is 4.79 Å². The van der Waals surface area contributed by atoms with Gasteiger partial charge in [-0.2, -0.15) is 0 Å². The van der Waals surface area contributed by atoms with E-state index in [-0.39, 0.29) is 5.92 Å². The Balaban J connectivity index is 3.96. The molecule has 0 aliphatic rings. The Hall–Kier alpha value is -1.29. The highest BCUT2D eigenvalue weighted by Crippen LogP contribution is 2.12. The van der Waals surface area contributed by atoms with Crippen molar-refractivity contribution in [1.29, 1.82) is 0 Å². The van der Waals surface area contributed by atoms with Gasteiger partial charge in [0.25, 0.3) is 0 Å². The Kier molecular flexibility index (Phi) is 5.63. The molecule has 0 aromatic carbocycles. The highest BCUT2D eigenvalue weighted by Gasteiger charge is 2.15. The fourth-order valence-corrected chi connectivity index (χ4v) is 0.951. The van der Waals surface area contributed by atoms with Crippen LogP contribution < -0.4 is 5.73 Å². The van der Waals surface area contributed by atoms with Crippen LogP contribution in [0.2, 0.25) is 0 Å². The fraction of sp³-hybridized carbons (Fsp3) is 0.444. The minimum atomic E-state index is -1.01. The van der Waals surface area contributed by atoms with Gasteiger partial charge >= 0.3 is 5.97 Å². The number of rotatable bonds is 6. The summed E-state index contributed by atoms with van der Waals surface area (Å²) in [6.07, 6.45) is 5.01. The number of carboxylic acid groups (broad SMARTS) is 1. The third kappa shape index (κ3) is 5.03. The van der Waals surface area contributed by atoms with Gasteiger partial charge in [0.2, 0.25) is 0 Å². The molecule has 0 saturated carbocycles. The summed E-state index contributed by atoms with van der Waals surface area (Å²) in [5.41, 5.74) is 5.33. The van der Waals surface area contributed by atoms with E-state index in [0.717, 1.165) is 6.26 Å². The highest BCUT2D eigenvalue weighted by molar-refractivity contribution is 5.73. The molecule has 0 rings (SSSR count). The van der Waals surface area contributed by atoms with E-state index < -0.39 is 12.0 Å². The maximum Gasteiger partial charge on any atom is 0.320 e. The minimum absolute atomic E-state index is 0.00509. The predicted molar refractivity (Wildman–Crippen MR) is 50.3 cm³/mol. The molecule has 13 heavy (non-hydrogen) atoms. The van der Waals surface area contributed by atoms with Crippen LogP contribution in [0, 0.1) is 5.92 Å². The van der Waals surface area contributed by atoms with Gasteiger partial charge < -0.3 is 15.9 Å². The van der Waals surface area contributed by atoms with E-state index in [2.05, 4.69) is 6.58 Å². The van der Waals surface area contributed by atoms with E-state index in [1.807, 2.05) is 0 Å². The Morgan fingerprint density at radius 3 is 2.62 bits per heavy atom. The highest BCUT2D eigenvalue weighted by atomic mass is 16.4. The SMILES string of the molecule is C=CC(C/C=C/O)C[C@@H](N)C(=O)O. The fourth-order valence-electron chi connectivity index (χ4n) is 0.951. The third-order valence-corrected chi connectivity index (χ3v) is 1.75. The van der Waals surface area contributed by atoms with Gasteiger partial charge in [-0.25, -0.2) is 0 Å². The molecule has 0 radical (unpaired) electrons. The van der Waals surface area contributed by atoms with Crippen LogP contribution in [0.15, 0.2) is 25.0 Å². The zero-order valence-electron chi connectivity index (χ0n) is 7.39. The van der Waals surface area contributed by atoms with Crippen molar-refractivity contribution in [2.75, 3.05) is 0 Å². The van der Waals surface area contributed by atoms with Gasteiger partial charge in [0.1, 0.15) is 6.04 Å². The molecule has 1 unspecified atom stereocenters. The second kappa shape index (κ2) is 6.25. The lowest BCUT2D eigenvalue weighted by Gasteiger charge is -2.12. The van der Waals surface area contributed by atoms with Crippen molar-refractivity contribution in [2.24, 2.45) is 11.7 Å². The van der Waals surface area contributed by atoms with Gasteiger partial charge in [-0.15, -0.1) is 6.58 Å². The van der Waals surface area contributed by atoms with Gasteiger partial charge in [0, 0.05) is 0 Å². The molecule has 4 N–H and O–H groups in total. The van der Waals surface area contributed by atoms with E-state index in [9.17, 15) is 4.79 Å². The Labute approximate surface area is 77.4 Å². The molecule has 0 fully saturated rings. The molecule has 0 aromatic rings. The summed E-state index contributed by atoms with van der Waals surface area (Å²) in [4.78, 5) is 10.4. The summed E-state index contributed by atoms with van der Waals surface area (Å²) in [5.74, 6) is -1.02. The molecule has 0 bridgehead atoms. The van der Waals surface area contributed by atoms with Crippen molar-refractivity contribution < 1.29 is 15.0 Å². The number of allylic oxidation sites excluding steroid dienone is 2. The number of carbonyl (C=O) groups is 1. The first-order valence-electron chi connectivity index (χ1n) is 4.02. The molecule has 2 atom stereocenters. The summed E-state index contributed by atoms with van der Waals surface area (Å²) in [5, 5.41) is 16.9. The molecule has 0 saturated heterocycles. The molecule has 0 amide bonds. The molecule has 0 spiro atoms. The summed E-state index contributed by atoms with van der Waals surface area (Å²) in [6, 6.07) is -0.866. The number of aliphatic hydroxyl groups is 1. The lowest BCUT2D eigenvalue weighted by Crippen LogP contribution is -2.31. The molecule has 4 heteroatoms. The molecule has 0 aliphatic heterocycles. The lowest BCUT2D eigenvalue weighted by atomic mass is 9.97. The molecule has 0 heterocycles. The summed E-state index contributed by atoms with van der Waals surface area (Å²) < 4.78 is 0. The van der Waals surface area contributed by atoms with Crippen LogP contribution in [-0.4, -0.2) is 22.2 Å². The first-order valence-corrected chi connectivity index (χ1v) is 4.02. The van der Waals surface area contributed by atoms with Gasteiger partial charge in [-0.1, -0.05) is 6.08 Å². The zero-order chi connectivity index (χ0) is 10.3. The van der Waals surface area contributed by atoms with E-state index in [4.69, 9.17) is 15.9 Å². The van der Waals surface area contributed by atoms with E-state index >= 15 is 0 Å². The lowest BCUT2D eigenvalue weighted by molar-refractivity contribution is -0.138. The Morgan fingerprint density at radius 2 is 2.23 bits per heavy atom. The summed E-state index contributed by atoms with van der Waals surface area (Å²) in [6.45, 7) is 3.56. The number of aliphatic carboxylic acids is 1. The van der Waals surface area contributed by atoms with E-state index in [0.29, 0.717) is 12.8 Å². The van der Waals surface area contributed by atoms with Crippen molar-refractivity contribution in [3.05, 3.63) is 25.0 Å². The molecule has 0 aromatic heterocycles. The van der Waals surface area contributed by atoms with E-state index in [1.54, 1.807) is 12.2 Å². The van der Waals surface area contributed by atoms with Crippen LogP contribution in [0.5, 0.6) is 0 Å². The predicted octanol–water partition coefficient (Wildman–Crippen LogP) is 1.05. The van der Waals surface area contributed by atoms with Crippen molar-refractivity contribution in [2.45, 2.75) is 18.9 Å². The first kappa shape index (κ1) is 11.7. The van der Waals surface area contributed by atoms with Crippen LogP contribution in [0.1, 0.15) is 12.8 Å². The van der Waals surface area contributed by atoms with Crippen molar-refractivity contribution >= 4 is 5.97 Å². The van der Waals surface area contributed by atoms with Gasteiger partial charge in [-0.3, -0.25) is 4.79 Å². The Morgan fingerprint density at radius 1 is 1.62 bits per heavy atom. The van der Waals surface area contributed by atoms with Crippen LogP contribution in [0.4, 0.5) is 0 Å². The van der Waals surface area contributed by atoms with Gasteiger partial charge in [0.15, 0.2) is 0 Å². The standard InChI is InChI=1S/C9H15NO3/c1-2-7(4-3-5-11)6-8(10)9(12)13/h2-3,5,7-8,11H,1,4,6,10H2,(H,12,13)/b5-3+/t7?,8-/m1/s1. The Bertz CT molecular complexity index is 201. The zero-order valence-corrected chi connectivity index (χ0v) is 7.39. The number of hydrogen-bond acceptors (Lipinski definition) is 3. The summed E-state index contributed by atoms with van der Waals surface area (Å²) >= 11 is 0. The molecule has 74 valence electrons. The van der Waals surface area contributed by atoms with E-state index in [1.165, 1.54) is 0 Å². The van der Waals surface area contributed by atoms with Crippen molar-refractivity contribution in [3.8, 4) is 0 Å².